The summed E-state index contributed by atoms with van der Waals surface area (Å²) < 4.78 is 10.4. The topological polar surface area (TPSA) is 84.2 Å². The molecule has 0 aliphatic heterocycles. The van der Waals surface area contributed by atoms with Crippen LogP contribution in [0.5, 0.6) is 11.5 Å². The lowest BCUT2D eigenvalue weighted by atomic mass is 10.1. The molecule has 0 saturated carbocycles. The summed E-state index contributed by atoms with van der Waals surface area (Å²) in [5.74, 6) is 0.883. The molecule has 0 aliphatic rings. The van der Waals surface area contributed by atoms with Crippen molar-refractivity contribution in [3.8, 4) is 17.6 Å². The Morgan fingerprint density at radius 2 is 2.08 bits per heavy atom. The summed E-state index contributed by atoms with van der Waals surface area (Å²) in [7, 11) is 3.15. The first-order valence-corrected chi connectivity index (χ1v) is 7.69. The zero-order chi connectivity index (χ0) is 18.1. The lowest BCUT2D eigenvalue weighted by Crippen LogP contribution is -2.26. The number of amides is 1. The fourth-order valence-electron chi connectivity index (χ4n) is 2.23. The maximum Gasteiger partial charge on any atom is 0.261 e. The summed E-state index contributed by atoms with van der Waals surface area (Å²) in [5, 5.41) is 11.9. The first-order valence-electron chi connectivity index (χ1n) is 7.69. The molecule has 6 nitrogen and oxygen atoms in total. The number of hydrogen-bond acceptors (Lipinski definition) is 5. The minimum Gasteiger partial charge on any atom is -0.493 e. The van der Waals surface area contributed by atoms with Crippen molar-refractivity contribution in [1.82, 2.24) is 10.3 Å². The summed E-state index contributed by atoms with van der Waals surface area (Å²) >= 11 is 0. The number of carbonyl (C=O) groups excluding carboxylic acids is 1. The predicted molar refractivity (Wildman–Crippen MR) is 94.1 cm³/mol. The van der Waals surface area contributed by atoms with Gasteiger partial charge in [-0.05, 0) is 41.8 Å². The van der Waals surface area contributed by atoms with Gasteiger partial charge >= 0.3 is 0 Å². The Bertz CT molecular complexity index is 795. The van der Waals surface area contributed by atoms with Gasteiger partial charge in [0.15, 0.2) is 11.5 Å². The highest BCUT2D eigenvalue weighted by molar-refractivity contribution is 6.01. The van der Waals surface area contributed by atoms with E-state index in [-0.39, 0.29) is 5.57 Å². The third kappa shape index (κ3) is 5.08. The highest BCUT2D eigenvalue weighted by Crippen LogP contribution is 2.27. The highest BCUT2D eigenvalue weighted by Gasteiger charge is 2.09. The number of nitrogens with zero attached hydrogens (tertiary/aromatic N) is 2. The summed E-state index contributed by atoms with van der Waals surface area (Å²) in [6.07, 6.45) is 5.34. The smallest absolute Gasteiger partial charge is 0.261 e. The molecule has 0 atom stereocenters. The van der Waals surface area contributed by atoms with Gasteiger partial charge in [-0.15, -0.1) is 0 Å². The Hall–Kier alpha value is -3.33. The molecule has 128 valence electrons. The molecule has 25 heavy (non-hydrogen) atoms. The molecular formula is C19H19N3O3. The summed E-state index contributed by atoms with van der Waals surface area (Å²) in [5.41, 5.74) is 1.74. The van der Waals surface area contributed by atoms with Crippen molar-refractivity contribution in [2.45, 2.75) is 6.42 Å². The molecule has 2 rings (SSSR count). The Labute approximate surface area is 146 Å². The average Bonchev–Trinajstić information content (AvgIpc) is 2.66. The number of carbonyl (C=O) groups is 1. The second-order valence-electron chi connectivity index (χ2n) is 5.15. The lowest BCUT2D eigenvalue weighted by molar-refractivity contribution is -0.117. The van der Waals surface area contributed by atoms with Crippen LogP contribution in [-0.4, -0.2) is 31.7 Å². The van der Waals surface area contributed by atoms with Gasteiger partial charge in [0.05, 0.1) is 14.2 Å². The normalized spacial score (nSPS) is 10.7. The standard InChI is InChI=1S/C19H19N3O3/c1-24-17-6-5-14(11-18(17)25-2)7-9-22-19(23)16(12-20)10-15-4-3-8-21-13-15/h3-6,8,10-11,13H,7,9H2,1-2H3,(H,22,23)/b16-10-. The van der Waals surface area contributed by atoms with Crippen molar-refractivity contribution in [3.05, 3.63) is 59.4 Å². The van der Waals surface area contributed by atoms with E-state index in [0.29, 0.717) is 30.0 Å². The molecule has 0 unspecified atom stereocenters. The van der Waals surface area contributed by atoms with Gasteiger partial charge in [0.2, 0.25) is 0 Å². The molecule has 0 radical (unpaired) electrons. The monoisotopic (exact) mass is 337 g/mol. The van der Waals surface area contributed by atoms with Crippen LogP contribution < -0.4 is 14.8 Å². The largest absolute Gasteiger partial charge is 0.493 e. The van der Waals surface area contributed by atoms with E-state index in [2.05, 4.69) is 10.3 Å². The third-order valence-electron chi connectivity index (χ3n) is 3.51. The molecule has 2 aromatic rings. The number of nitriles is 1. The summed E-state index contributed by atoms with van der Waals surface area (Å²) in [6.45, 7) is 0.403. The van der Waals surface area contributed by atoms with E-state index in [9.17, 15) is 10.1 Å². The van der Waals surface area contributed by atoms with Crippen LogP contribution in [0.1, 0.15) is 11.1 Å². The van der Waals surface area contributed by atoms with Crippen molar-refractivity contribution in [1.29, 1.82) is 5.26 Å². The van der Waals surface area contributed by atoms with Gasteiger partial charge in [0, 0.05) is 18.9 Å². The van der Waals surface area contributed by atoms with Crippen molar-refractivity contribution in [2.75, 3.05) is 20.8 Å². The number of aromatic nitrogens is 1. The van der Waals surface area contributed by atoms with Gasteiger partial charge in [-0.1, -0.05) is 12.1 Å². The van der Waals surface area contributed by atoms with Crippen LogP contribution in [0.2, 0.25) is 0 Å². The van der Waals surface area contributed by atoms with Crippen LogP contribution in [0.3, 0.4) is 0 Å². The lowest BCUT2D eigenvalue weighted by Gasteiger charge is -2.10. The van der Waals surface area contributed by atoms with Crippen LogP contribution >= 0.6 is 0 Å². The van der Waals surface area contributed by atoms with E-state index in [4.69, 9.17) is 9.47 Å². The number of methoxy groups -OCH3 is 2. The molecule has 0 fully saturated rings. The zero-order valence-electron chi connectivity index (χ0n) is 14.2. The maximum atomic E-state index is 12.1. The van der Waals surface area contributed by atoms with Crippen LogP contribution in [0.15, 0.2) is 48.3 Å². The maximum absolute atomic E-state index is 12.1. The predicted octanol–water partition coefficient (Wildman–Crippen LogP) is 2.36. The molecular weight excluding hydrogens is 318 g/mol. The molecule has 0 aliphatic carbocycles. The van der Waals surface area contributed by atoms with Gasteiger partial charge in [0.25, 0.3) is 5.91 Å². The molecule has 1 N–H and O–H groups in total. The van der Waals surface area contributed by atoms with Crippen molar-refractivity contribution in [2.24, 2.45) is 0 Å². The Morgan fingerprint density at radius 3 is 2.72 bits per heavy atom. The fourth-order valence-corrected chi connectivity index (χ4v) is 2.23. The molecule has 0 saturated heterocycles. The number of hydrogen-bond donors (Lipinski definition) is 1. The van der Waals surface area contributed by atoms with Gasteiger partial charge in [-0.25, -0.2) is 0 Å². The quantitative estimate of drug-likeness (QED) is 0.619. The molecule has 0 spiro atoms. The van der Waals surface area contributed by atoms with Crippen molar-refractivity contribution < 1.29 is 14.3 Å². The van der Waals surface area contributed by atoms with Crippen LogP contribution in [-0.2, 0) is 11.2 Å². The number of ether oxygens (including phenoxy) is 2. The average molecular weight is 337 g/mol. The van der Waals surface area contributed by atoms with E-state index in [1.807, 2.05) is 24.3 Å². The van der Waals surface area contributed by atoms with Gasteiger partial charge in [-0.2, -0.15) is 5.26 Å². The zero-order valence-corrected chi connectivity index (χ0v) is 14.2. The Morgan fingerprint density at radius 1 is 1.28 bits per heavy atom. The molecule has 1 aromatic heterocycles. The Kier molecular flexibility index (Phi) is 6.55. The number of pyridine rings is 1. The van der Waals surface area contributed by atoms with Crippen LogP contribution in [0.4, 0.5) is 0 Å². The molecule has 1 aromatic carbocycles. The first kappa shape index (κ1) is 18.0. The van der Waals surface area contributed by atoms with E-state index in [0.717, 1.165) is 5.56 Å². The summed E-state index contributed by atoms with van der Waals surface area (Å²) in [6, 6.07) is 11.0. The second-order valence-corrected chi connectivity index (χ2v) is 5.15. The molecule has 1 amide bonds. The highest BCUT2D eigenvalue weighted by atomic mass is 16.5. The summed E-state index contributed by atoms with van der Waals surface area (Å²) in [4.78, 5) is 16.1. The SMILES string of the molecule is COc1ccc(CCNC(=O)/C(C#N)=C\c2cccnc2)cc1OC. The molecule has 6 heteroatoms. The van der Waals surface area contributed by atoms with E-state index >= 15 is 0 Å². The number of rotatable bonds is 7. The van der Waals surface area contributed by atoms with E-state index in [1.165, 1.54) is 6.08 Å². The van der Waals surface area contributed by atoms with Crippen molar-refractivity contribution in [3.63, 3.8) is 0 Å². The van der Waals surface area contributed by atoms with Gasteiger partial charge in [0.1, 0.15) is 11.6 Å². The van der Waals surface area contributed by atoms with Crippen LogP contribution in [0.25, 0.3) is 6.08 Å². The Balaban J connectivity index is 1.96. The van der Waals surface area contributed by atoms with Crippen molar-refractivity contribution >= 4 is 12.0 Å². The van der Waals surface area contributed by atoms with Gasteiger partial charge < -0.3 is 14.8 Å². The van der Waals surface area contributed by atoms with Crippen LogP contribution in [0, 0.1) is 11.3 Å². The minimum absolute atomic E-state index is 0.0420. The van der Waals surface area contributed by atoms with E-state index < -0.39 is 5.91 Å². The second kappa shape index (κ2) is 9.08. The van der Waals surface area contributed by atoms with E-state index in [1.54, 1.807) is 38.7 Å². The fraction of sp³-hybridized carbons (Fsp3) is 0.211. The molecule has 1 heterocycles. The minimum atomic E-state index is -0.410. The van der Waals surface area contributed by atoms with Gasteiger partial charge in [-0.3, -0.25) is 9.78 Å². The number of nitrogens with one attached hydrogen (secondary N) is 1. The molecule has 0 bridgehead atoms. The number of benzene rings is 1. The first-order chi connectivity index (χ1) is 12.2. The third-order valence-corrected chi connectivity index (χ3v) is 3.51.